The van der Waals surface area contributed by atoms with Gasteiger partial charge < -0.3 is 5.73 Å². The Morgan fingerprint density at radius 3 is 2.67 bits per heavy atom. The summed E-state index contributed by atoms with van der Waals surface area (Å²) in [7, 11) is 0. The van der Waals surface area contributed by atoms with Crippen molar-refractivity contribution in [3.8, 4) is 0 Å². The molecule has 0 fully saturated rings. The van der Waals surface area contributed by atoms with Crippen LogP contribution in [0, 0.1) is 6.92 Å². The van der Waals surface area contributed by atoms with E-state index in [0.29, 0.717) is 4.88 Å². The van der Waals surface area contributed by atoms with Gasteiger partial charge >= 0.3 is 0 Å². The van der Waals surface area contributed by atoms with Crippen LogP contribution in [0.1, 0.15) is 15.8 Å². The topological polar surface area (TPSA) is 38.9 Å². The summed E-state index contributed by atoms with van der Waals surface area (Å²) in [4.78, 5) is 4.47. The van der Waals surface area contributed by atoms with Gasteiger partial charge in [-0.15, -0.1) is 11.3 Å². The minimum atomic E-state index is -2.39. The first-order chi connectivity index (χ1) is 5.65. The van der Waals surface area contributed by atoms with Crippen LogP contribution in [0.5, 0.6) is 0 Å². The summed E-state index contributed by atoms with van der Waals surface area (Å²) in [6.07, 6.45) is -0.918. The molecule has 68 valence electrons. The molecule has 1 aromatic heterocycles. The van der Waals surface area contributed by atoms with E-state index in [2.05, 4.69) is 4.98 Å². The van der Waals surface area contributed by atoms with Gasteiger partial charge in [-0.1, -0.05) is 0 Å². The summed E-state index contributed by atoms with van der Waals surface area (Å²) in [5, 5.41) is 0.795. The van der Waals surface area contributed by atoms with Crippen molar-refractivity contribution in [2.75, 3.05) is 6.54 Å². The zero-order valence-electron chi connectivity index (χ0n) is 6.63. The molecule has 0 saturated heterocycles. The van der Waals surface area contributed by atoms with Crippen LogP contribution in [0.3, 0.4) is 0 Å². The molecule has 0 amide bonds. The van der Waals surface area contributed by atoms with Crippen LogP contribution in [0.2, 0.25) is 0 Å². The number of hydrogen-bond donors (Lipinski definition) is 1. The van der Waals surface area contributed by atoms with Crippen LogP contribution in [0.25, 0.3) is 0 Å². The third kappa shape index (κ3) is 1.98. The molecule has 5 heteroatoms. The van der Waals surface area contributed by atoms with E-state index < -0.39 is 12.3 Å². The Kier molecular flexibility index (Phi) is 3.11. The summed E-state index contributed by atoms with van der Waals surface area (Å²) < 4.78 is 24.6. The van der Waals surface area contributed by atoms with Gasteiger partial charge in [0.25, 0.3) is 0 Å². The van der Waals surface area contributed by atoms with Crippen molar-refractivity contribution in [2.24, 2.45) is 5.73 Å². The van der Waals surface area contributed by atoms with Crippen molar-refractivity contribution in [3.05, 3.63) is 16.1 Å². The van der Waals surface area contributed by atoms with Crippen molar-refractivity contribution in [2.45, 2.75) is 19.3 Å². The number of halogens is 2. The molecule has 0 spiro atoms. The molecule has 1 atom stereocenters. The molecule has 1 unspecified atom stereocenters. The van der Waals surface area contributed by atoms with Crippen molar-refractivity contribution in [3.63, 3.8) is 0 Å². The van der Waals surface area contributed by atoms with Gasteiger partial charge in [0.15, 0.2) is 0 Å². The monoisotopic (exact) mass is 192 g/mol. The summed E-state index contributed by atoms with van der Waals surface area (Å²) >= 11 is 1.28. The molecular weight excluding hydrogens is 182 g/mol. The molecule has 0 aliphatic rings. The number of nitrogens with two attached hydrogens (primary N) is 1. The first-order valence-electron chi connectivity index (χ1n) is 3.55. The molecule has 0 bridgehead atoms. The fourth-order valence-electron chi connectivity index (χ4n) is 0.892. The molecule has 1 rings (SSSR count). The minimum Gasteiger partial charge on any atom is -0.330 e. The van der Waals surface area contributed by atoms with E-state index in [4.69, 9.17) is 5.73 Å². The molecule has 1 aromatic rings. The average Bonchev–Trinajstić information content (AvgIpc) is 2.37. The van der Waals surface area contributed by atoms with Gasteiger partial charge in [0.2, 0.25) is 6.43 Å². The number of aryl methyl sites for hydroxylation is 1. The van der Waals surface area contributed by atoms with Crippen molar-refractivity contribution in [1.82, 2.24) is 4.98 Å². The smallest absolute Gasteiger partial charge is 0.247 e. The number of nitrogens with zero attached hydrogens (tertiary/aromatic N) is 1. The number of alkyl halides is 2. The van der Waals surface area contributed by atoms with Crippen LogP contribution in [0.15, 0.2) is 6.20 Å². The van der Waals surface area contributed by atoms with Gasteiger partial charge in [0.05, 0.1) is 10.9 Å². The number of hydrogen-bond acceptors (Lipinski definition) is 3. The quantitative estimate of drug-likeness (QED) is 0.792. The second-order valence-electron chi connectivity index (χ2n) is 2.46. The average molecular weight is 192 g/mol. The highest BCUT2D eigenvalue weighted by atomic mass is 32.1. The first kappa shape index (κ1) is 9.54. The Morgan fingerprint density at radius 1 is 1.67 bits per heavy atom. The normalized spacial score (nSPS) is 13.8. The van der Waals surface area contributed by atoms with Gasteiger partial charge in [-0.2, -0.15) is 0 Å². The zero-order chi connectivity index (χ0) is 9.14. The van der Waals surface area contributed by atoms with Crippen LogP contribution >= 0.6 is 11.3 Å². The third-order valence-corrected chi connectivity index (χ3v) is 2.61. The molecule has 2 nitrogen and oxygen atoms in total. The second kappa shape index (κ2) is 3.91. The van der Waals surface area contributed by atoms with Gasteiger partial charge in [0.1, 0.15) is 0 Å². The Morgan fingerprint density at radius 2 is 2.33 bits per heavy atom. The number of thiazole rings is 1. The zero-order valence-corrected chi connectivity index (χ0v) is 7.44. The Hall–Kier alpha value is -0.550. The fourth-order valence-corrected chi connectivity index (χ4v) is 1.79. The predicted octanol–water partition coefficient (Wildman–Crippen LogP) is 1.76. The molecule has 1 heterocycles. The standard InChI is InChI=1S/C7H10F2N2S/c1-4-11-3-6(12-4)5(2-10)7(8)9/h3,5,7H,2,10H2,1H3. The molecule has 0 saturated carbocycles. The van der Waals surface area contributed by atoms with Gasteiger partial charge in [-0.25, -0.2) is 13.8 Å². The lowest BCUT2D eigenvalue weighted by atomic mass is 10.1. The highest BCUT2D eigenvalue weighted by Gasteiger charge is 2.22. The van der Waals surface area contributed by atoms with E-state index in [0.717, 1.165) is 5.01 Å². The summed E-state index contributed by atoms with van der Waals surface area (Å²) in [5.74, 6) is -0.851. The second-order valence-corrected chi connectivity index (χ2v) is 3.72. The molecule has 0 aromatic carbocycles. The number of rotatable bonds is 3. The van der Waals surface area contributed by atoms with Crippen molar-refractivity contribution in [1.29, 1.82) is 0 Å². The van der Waals surface area contributed by atoms with Crippen molar-refractivity contribution >= 4 is 11.3 Å². The Labute approximate surface area is 73.4 Å². The highest BCUT2D eigenvalue weighted by molar-refractivity contribution is 7.11. The first-order valence-corrected chi connectivity index (χ1v) is 4.37. The van der Waals surface area contributed by atoms with Crippen LogP contribution in [0.4, 0.5) is 8.78 Å². The lowest BCUT2D eigenvalue weighted by Gasteiger charge is -2.09. The maximum absolute atomic E-state index is 12.3. The number of aromatic nitrogens is 1. The van der Waals surface area contributed by atoms with E-state index in [1.54, 1.807) is 6.92 Å². The van der Waals surface area contributed by atoms with E-state index in [-0.39, 0.29) is 6.54 Å². The van der Waals surface area contributed by atoms with Gasteiger partial charge in [-0.05, 0) is 6.92 Å². The van der Waals surface area contributed by atoms with E-state index >= 15 is 0 Å². The van der Waals surface area contributed by atoms with Crippen LogP contribution in [-0.4, -0.2) is 18.0 Å². The molecule has 2 N–H and O–H groups in total. The van der Waals surface area contributed by atoms with E-state index in [1.807, 2.05) is 0 Å². The lowest BCUT2D eigenvalue weighted by Crippen LogP contribution is -2.18. The third-order valence-electron chi connectivity index (χ3n) is 1.56. The molecule has 0 radical (unpaired) electrons. The van der Waals surface area contributed by atoms with Crippen molar-refractivity contribution < 1.29 is 8.78 Å². The lowest BCUT2D eigenvalue weighted by molar-refractivity contribution is 0.118. The maximum atomic E-state index is 12.3. The molecular formula is C7H10F2N2S. The summed E-state index contributed by atoms with van der Waals surface area (Å²) in [6.45, 7) is 1.76. The van der Waals surface area contributed by atoms with Gasteiger partial charge in [0, 0.05) is 17.6 Å². The predicted molar refractivity (Wildman–Crippen MR) is 44.7 cm³/mol. The molecule has 0 aliphatic heterocycles. The highest BCUT2D eigenvalue weighted by Crippen LogP contribution is 2.26. The van der Waals surface area contributed by atoms with Crippen LogP contribution in [-0.2, 0) is 0 Å². The minimum absolute atomic E-state index is 0.0285. The fraction of sp³-hybridized carbons (Fsp3) is 0.571. The van der Waals surface area contributed by atoms with E-state index in [1.165, 1.54) is 17.5 Å². The largest absolute Gasteiger partial charge is 0.330 e. The molecule has 0 aliphatic carbocycles. The maximum Gasteiger partial charge on any atom is 0.247 e. The Balaban J connectivity index is 2.80. The SMILES string of the molecule is Cc1ncc(C(CN)C(F)F)s1. The summed E-state index contributed by atoms with van der Waals surface area (Å²) in [5.41, 5.74) is 5.21. The Bertz CT molecular complexity index is 249. The van der Waals surface area contributed by atoms with Crippen LogP contribution < -0.4 is 5.73 Å². The molecule has 12 heavy (non-hydrogen) atoms. The van der Waals surface area contributed by atoms with Gasteiger partial charge in [-0.3, -0.25) is 0 Å². The summed E-state index contributed by atoms with van der Waals surface area (Å²) in [6, 6.07) is 0. The van der Waals surface area contributed by atoms with E-state index in [9.17, 15) is 8.78 Å².